The van der Waals surface area contributed by atoms with E-state index in [0.717, 1.165) is 24.1 Å². The van der Waals surface area contributed by atoms with Gasteiger partial charge in [-0.25, -0.2) is 0 Å². The van der Waals surface area contributed by atoms with Crippen molar-refractivity contribution in [1.29, 1.82) is 0 Å². The van der Waals surface area contributed by atoms with Crippen LogP contribution < -0.4 is 0 Å². The smallest absolute Gasteiger partial charge is 0.0646 e. The number of nitrogens with zero attached hydrogens (tertiary/aromatic N) is 1. The van der Waals surface area contributed by atoms with Gasteiger partial charge in [-0.15, -0.1) is 35.9 Å². The predicted molar refractivity (Wildman–Crippen MR) is 145 cm³/mol. The molecule has 2 N–H and O–H groups in total. The second-order valence-electron chi connectivity index (χ2n) is 12.1. The molecule has 2 unspecified atom stereocenters. The van der Waals surface area contributed by atoms with Crippen LogP contribution in [0, 0.1) is 35.7 Å². The number of aliphatic hydroxyl groups excluding tert-OH is 2. The number of aliphatic hydroxyl groups is 2. The zero-order chi connectivity index (χ0) is 25.2. The summed E-state index contributed by atoms with van der Waals surface area (Å²) < 4.78 is 0. The third-order valence-corrected chi connectivity index (χ3v) is 8.66. The summed E-state index contributed by atoms with van der Waals surface area (Å²) in [6.45, 7) is 10.8. The number of rotatable bonds is 1. The number of aromatic nitrogens is 1. The molecule has 1 aromatic heterocycles. The molecule has 2 saturated carbocycles. The van der Waals surface area contributed by atoms with Gasteiger partial charge >= 0.3 is 0 Å². The van der Waals surface area contributed by atoms with Crippen molar-refractivity contribution in [2.75, 3.05) is 0 Å². The molecule has 2 aromatic carbocycles. The van der Waals surface area contributed by atoms with E-state index in [1.54, 1.807) is 0 Å². The topological polar surface area (TPSA) is 53.4 Å². The Morgan fingerprint density at radius 3 is 2.06 bits per heavy atom. The molecule has 36 heavy (non-hydrogen) atoms. The van der Waals surface area contributed by atoms with Crippen LogP contribution in [-0.2, 0) is 20.1 Å². The van der Waals surface area contributed by atoms with Gasteiger partial charge in [-0.3, -0.25) is 0 Å². The fraction of sp³-hybridized carbons (Fsp3) is 0.531. The van der Waals surface area contributed by atoms with E-state index >= 15 is 0 Å². The molecule has 4 heteroatoms. The van der Waals surface area contributed by atoms with E-state index in [4.69, 9.17) is 0 Å². The van der Waals surface area contributed by atoms with Crippen LogP contribution in [-0.4, -0.2) is 27.4 Å². The number of aryl methyl sites for hydroxylation is 1. The molecule has 197 valence electrons. The van der Waals surface area contributed by atoms with Crippen LogP contribution in [0.1, 0.15) is 71.8 Å². The fourth-order valence-electron chi connectivity index (χ4n) is 6.31. The first-order chi connectivity index (χ1) is 16.6. The van der Waals surface area contributed by atoms with E-state index in [1.165, 1.54) is 42.0 Å². The van der Waals surface area contributed by atoms with Crippen molar-refractivity contribution >= 4 is 10.8 Å². The van der Waals surface area contributed by atoms with Crippen LogP contribution in [0.4, 0.5) is 0 Å². The van der Waals surface area contributed by atoms with E-state index < -0.39 is 0 Å². The van der Waals surface area contributed by atoms with Gasteiger partial charge in [0.15, 0.2) is 0 Å². The Hall–Kier alpha value is -1.58. The summed E-state index contributed by atoms with van der Waals surface area (Å²) in [4.78, 5) is 4.49. The van der Waals surface area contributed by atoms with Gasteiger partial charge in [0.1, 0.15) is 0 Å². The van der Waals surface area contributed by atoms with Crippen LogP contribution in [0.15, 0.2) is 54.7 Å². The van der Waals surface area contributed by atoms with Crippen molar-refractivity contribution in [3.05, 3.63) is 66.4 Å². The van der Waals surface area contributed by atoms with Crippen molar-refractivity contribution in [3.8, 4) is 11.3 Å². The molecule has 3 aromatic rings. The first-order valence-electron chi connectivity index (χ1n) is 13.3. The fourth-order valence-corrected chi connectivity index (χ4v) is 6.31. The summed E-state index contributed by atoms with van der Waals surface area (Å²) in [7, 11) is 0. The first-order valence-corrected chi connectivity index (χ1v) is 13.3. The van der Waals surface area contributed by atoms with Crippen molar-refractivity contribution in [3.63, 3.8) is 0 Å². The maximum absolute atomic E-state index is 10.8. The third-order valence-electron chi connectivity index (χ3n) is 8.66. The number of hydrogen-bond donors (Lipinski definition) is 2. The molecule has 2 fully saturated rings. The molecule has 2 aliphatic carbocycles. The van der Waals surface area contributed by atoms with Crippen LogP contribution in [0.5, 0.6) is 0 Å². The van der Waals surface area contributed by atoms with E-state index in [0.29, 0.717) is 5.92 Å². The van der Waals surface area contributed by atoms with Crippen molar-refractivity contribution in [1.82, 2.24) is 4.98 Å². The third kappa shape index (κ3) is 6.10. The molecular weight excluding hydrogens is 623 g/mol. The first kappa shape index (κ1) is 29.0. The average Bonchev–Trinajstić information content (AvgIpc) is 3.02. The zero-order valence-corrected chi connectivity index (χ0v) is 24.8. The monoisotopic (exact) mass is 665 g/mol. The molecule has 0 aliphatic heterocycles. The van der Waals surface area contributed by atoms with Crippen molar-refractivity contribution in [2.45, 2.75) is 85.4 Å². The minimum atomic E-state index is -0.364. The number of pyridine rings is 1. The second kappa shape index (κ2) is 11.9. The Bertz CT molecular complexity index is 1100. The number of hydrogen-bond acceptors (Lipinski definition) is 3. The van der Waals surface area contributed by atoms with Gasteiger partial charge in [-0.2, -0.15) is 0 Å². The second-order valence-corrected chi connectivity index (χ2v) is 12.1. The largest absolute Gasteiger partial charge is 0.392 e. The van der Waals surface area contributed by atoms with Gasteiger partial charge in [0, 0.05) is 32.2 Å². The van der Waals surface area contributed by atoms with E-state index in [9.17, 15) is 10.2 Å². The Labute approximate surface area is 231 Å². The average molecular weight is 665 g/mol. The summed E-state index contributed by atoms with van der Waals surface area (Å²) in [6.07, 6.45) is 8.04. The van der Waals surface area contributed by atoms with Crippen LogP contribution in [0.2, 0.25) is 0 Å². The SMILES string of the molecule is CC1(C)CCCC2CCCC(C)(C)C(O)C2C1O.Cc1cccc2c(-c3[c-]cccc3)nccc12.[Ir]. The van der Waals surface area contributed by atoms with Gasteiger partial charge in [-0.1, -0.05) is 58.7 Å². The van der Waals surface area contributed by atoms with Gasteiger partial charge in [-0.05, 0) is 77.5 Å². The Balaban J connectivity index is 0.000000195. The Morgan fingerprint density at radius 2 is 1.47 bits per heavy atom. The minimum absolute atomic E-state index is 0. The van der Waals surface area contributed by atoms with E-state index in [1.807, 2.05) is 30.5 Å². The Kier molecular flexibility index (Phi) is 9.55. The van der Waals surface area contributed by atoms with E-state index in [-0.39, 0.29) is 49.1 Å². The molecular formula is C32H42IrNO2-. The maximum Gasteiger partial charge on any atom is 0.0646 e. The van der Waals surface area contributed by atoms with E-state index in [2.05, 4.69) is 69.9 Å². The molecule has 5 rings (SSSR count). The zero-order valence-electron chi connectivity index (χ0n) is 22.4. The van der Waals surface area contributed by atoms with Crippen LogP contribution >= 0.6 is 0 Å². The van der Waals surface area contributed by atoms with Gasteiger partial charge in [0.25, 0.3) is 0 Å². The normalized spacial score (nSPS) is 26.9. The molecule has 0 saturated heterocycles. The van der Waals surface area contributed by atoms with Gasteiger partial charge in [0.2, 0.25) is 0 Å². The van der Waals surface area contributed by atoms with Gasteiger partial charge in [0.05, 0.1) is 12.2 Å². The predicted octanol–water partition coefficient (Wildman–Crippen LogP) is 7.37. The summed E-state index contributed by atoms with van der Waals surface area (Å²) in [5, 5.41) is 24.0. The van der Waals surface area contributed by atoms with Crippen molar-refractivity contribution in [2.24, 2.45) is 22.7 Å². The molecule has 0 amide bonds. The minimum Gasteiger partial charge on any atom is -0.392 e. The standard InChI is InChI=1S/C16H12N.C16H30O2.Ir/c1-12-6-5-9-15-14(12)10-11-17-16(15)13-7-3-2-4-8-13;1-15(2)9-5-7-11-8-6-10-16(3,4)14(18)12(11)13(15)17;/h2-7,9-11H,1H3;11-14,17-18H,5-10H2,1-4H3;/q-1;;. The molecule has 2 aliphatic rings. The molecule has 0 bridgehead atoms. The Morgan fingerprint density at radius 1 is 0.833 bits per heavy atom. The number of fused-ring (bicyclic) bond motifs is 2. The number of benzene rings is 2. The summed E-state index contributed by atoms with van der Waals surface area (Å²) in [5.74, 6) is 0.582. The quantitative estimate of drug-likeness (QED) is 0.267. The van der Waals surface area contributed by atoms with Crippen molar-refractivity contribution < 1.29 is 30.3 Å². The molecule has 1 heterocycles. The maximum atomic E-state index is 10.8. The molecule has 0 spiro atoms. The molecule has 3 nitrogen and oxygen atoms in total. The molecule has 2 atom stereocenters. The summed E-state index contributed by atoms with van der Waals surface area (Å²) in [5.41, 5.74) is 3.22. The summed E-state index contributed by atoms with van der Waals surface area (Å²) >= 11 is 0. The van der Waals surface area contributed by atoms with Crippen LogP contribution in [0.3, 0.4) is 0 Å². The van der Waals surface area contributed by atoms with Crippen LogP contribution in [0.25, 0.3) is 22.0 Å². The van der Waals surface area contributed by atoms with Gasteiger partial charge < -0.3 is 15.2 Å². The summed E-state index contributed by atoms with van der Waals surface area (Å²) in [6, 6.07) is 19.6. The molecule has 1 radical (unpaired) electrons.